The number of hydrogen-bond donors (Lipinski definition) is 1. The van der Waals surface area contributed by atoms with Crippen molar-refractivity contribution in [3.8, 4) is 11.3 Å². The molecule has 1 aliphatic rings. The molecule has 1 fully saturated rings. The molecule has 2 aromatic rings. The molecule has 116 valence electrons. The second-order valence-electron chi connectivity index (χ2n) is 5.43. The fourth-order valence-electron chi connectivity index (χ4n) is 2.20. The van der Waals surface area contributed by atoms with Gasteiger partial charge < -0.3 is 5.32 Å². The van der Waals surface area contributed by atoms with Crippen molar-refractivity contribution < 1.29 is 18.0 Å². The molecule has 1 aromatic heterocycles. The number of alkyl halides is 3. The maximum Gasteiger partial charge on any atom is 0.416 e. The van der Waals surface area contributed by atoms with Crippen LogP contribution in [0.4, 0.5) is 18.3 Å². The number of rotatable bonds is 3. The van der Waals surface area contributed by atoms with Crippen LogP contribution in [0.2, 0.25) is 0 Å². The molecule has 0 unspecified atom stereocenters. The minimum absolute atomic E-state index is 0.0286. The van der Waals surface area contributed by atoms with Crippen LogP contribution in [-0.4, -0.2) is 10.9 Å². The summed E-state index contributed by atoms with van der Waals surface area (Å²) < 4.78 is 38.2. The molecule has 2 atom stereocenters. The standard InChI is InChI=1S/C15H13F3N2OS/c1-8-5-11(8)13(21)20-14-19-12(7-22-14)9-3-2-4-10(6-9)15(16,17)18/h2-4,6-8,11H,5H2,1H3,(H,19,20,21)/t8-,11+/m1/s1. The number of hydrogen-bond acceptors (Lipinski definition) is 3. The number of carbonyl (C=O) groups excluding carboxylic acids is 1. The van der Waals surface area contributed by atoms with Gasteiger partial charge in [-0.05, 0) is 24.5 Å². The van der Waals surface area contributed by atoms with Crippen molar-refractivity contribution in [2.45, 2.75) is 19.5 Å². The third kappa shape index (κ3) is 3.14. The third-order valence-electron chi connectivity index (χ3n) is 3.67. The predicted molar refractivity (Wildman–Crippen MR) is 78.5 cm³/mol. The van der Waals surface area contributed by atoms with Crippen molar-refractivity contribution in [1.29, 1.82) is 0 Å². The van der Waals surface area contributed by atoms with E-state index in [9.17, 15) is 18.0 Å². The van der Waals surface area contributed by atoms with Gasteiger partial charge in [0.25, 0.3) is 0 Å². The van der Waals surface area contributed by atoms with Gasteiger partial charge in [-0.1, -0.05) is 19.1 Å². The summed E-state index contributed by atoms with van der Waals surface area (Å²) in [6.45, 7) is 2.00. The quantitative estimate of drug-likeness (QED) is 0.907. The van der Waals surface area contributed by atoms with Crippen molar-refractivity contribution in [3.05, 3.63) is 35.2 Å². The molecule has 1 N–H and O–H groups in total. The van der Waals surface area contributed by atoms with Crippen LogP contribution in [0.5, 0.6) is 0 Å². The lowest BCUT2D eigenvalue weighted by molar-refractivity contribution is -0.137. The first-order valence-electron chi connectivity index (χ1n) is 6.78. The topological polar surface area (TPSA) is 42.0 Å². The Morgan fingerprint density at radius 1 is 1.41 bits per heavy atom. The first kappa shape index (κ1) is 15.0. The van der Waals surface area contributed by atoms with Gasteiger partial charge >= 0.3 is 6.18 Å². The van der Waals surface area contributed by atoms with Crippen molar-refractivity contribution in [1.82, 2.24) is 4.98 Å². The molecule has 0 radical (unpaired) electrons. The molecule has 1 aromatic carbocycles. The van der Waals surface area contributed by atoms with Crippen LogP contribution >= 0.6 is 11.3 Å². The summed E-state index contributed by atoms with van der Waals surface area (Å²) in [4.78, 5) is 16.0. The fraction of sp³-hybridized carbons (Fsp3) is 0.333. The van der Waals surface area contributed by atoms with E-state index in [0.717, 1.165) is 18.6 Å². The second-order valence-corrected chi connectivity index (χ2v) is 6.28. The molecule has 7 heteroatoms. The molecule has 0 aliphatic heterocycles. The maximum atomic E-state index is 12.7. The summed E-state index contributed by atoms with van der Waals surface area (Å²) in [5.74, 6) is 0.348. The van der Waals surface area contributed by atoms with Crippen LogP contribution in [0.15, 0.2) is 29.6 Å². The summed E-state index contributed by atoms with van der Waals surface area (Å²) in [7, 11) is 0. The third-order valence-corrected chi connectivity index (χ3v) is 4.42. The number of amides is 1. The lowest BCUT2D eigenvalue weighted by atomic mass is 10.1. The molecular weight excluding hydrogens is 313 g/mol. The summed E-state index contributed by atoms with van der Waals surface area (Å²) in [6, 6.07) is 5.00. The maximum absolute atomic E-state index is 12.7. The molecule has 3 nitrogen and oxygen atoms in total. The van der Waals surface area contributed by atoms with Gasteiger partial charge in [0, 0.05) is 16.9 Å². The number of thiazole rings is 1. The molecule has 0 spiro atoms. The number of carbonyl (C=O) groups is 1. The van der Waals surface area contributed by atoms with Crippen LogP contribution in [0.3, 0.4) is 0 Å². The average molecular weight is 326 g/mol. The fourth-order valence-corrected chi connectivity index (χ4v) is 2.93. The lowest BCUT2D eigenvalue weighted by Gasteiger charge is -2.07. The lowest BCUT2D eigenvalue weighted by Crippen LogP contribution is -2.14. The van der Waals surface area contributed by atoms with Gasteiger partial charge in [-0.2, -0.15) is 13.2 Å². The van der Waals surface area contributed by atoms with Gasteiger partial charge in [0.1, 0.15) is 0 Å². The zero-order valence-electron chi connectivity index (χ0n) is 11.6. The Hall–Kier alpha value is -1.89. The first-order valence-corrected chi connectivity index (χ1v) is 7.66. The number of aromatic nitrogens is 1. The average Bonchev–Trinajstić information content (AvgIpc) is 3.01. The van der Waals surface area contributed by atoms with Crippen LogP contribution in [0.1, 0.15) is 18.9 Å². The molecule has 1 heterocycles. The summed E-state index contributed by atoms with van der Waals surface area (Å²) >= 11 is 1.21. The van der Waals surface area contributed by atoms with Gasteiger partial charge in [-0.15, -0.1) is 11.3 Å². The molecule has 22 heavy (non-hydrogen) atoms. The van der Waals surface area contributed by atoms with Crippen LogP contribution in [0.25, 0.3) is 11.3 Å². The molecule has 1 aliphatic carbocycles. The van der Waals surface area contributed by atoms with Gasteiger partial charge in [0.2, 0.25) is 5.91 Å². The Morgan fingerprint density at radius 2 is 2.14 bits per heavy atom. The molecule has 3 rings (SSSR count). The normalized spacial score (nSPS) is 20.7. The van der Waals surface area contributed by atoms with Crippen LogP contribution in [-0.2, 0) is 11.0 Å². The highest BCUT2D eigenvalue weighted by Gasteiger charge is 2.39. The summed E-state index contributed by atoms with van der Waals surface area (Å²) in [5, 5.41) is 4.77. The van der Waals surface area contributed by atoms with Gasteiger partial charge in [0.15, 0.2) is 5.13 Å². The Kier molecular flexibility index (Phi) is 3.68. The number of nitrogens with one attached hydrogen (secondary N) is 1. The van der Waals surface area contributed by atoms with Gasteiger partial charge in [0.05, 0.1) is 11.3 Å². The number of halogens is 3. The number of benzene rings is 1. The zero-order chi connectivity index (χ0) is 15.9. The minimum atomic E-state index is -4.38. The number of anilines is 1. The largest absolute Gasteiger partial charge is 0.416 e. The molecular formula is C15H13F3N2OS. The summed E-state index contributed by atoms with van der Waals surface area (Å²) in [5.41, 5.74) is 0.0944. The van der Waals surface area contributed by atoms with E-state index in [1.54, 1.807) is 11.4 Å². The van der Waals surface area contributed by atoms with E-state index < -0.39 is 11.7 Å². The van der Waals surface area contributed by atoms with Crippen molar-refractivity contribution in [2.24, 2.45) is 11.8 Å². The van der Waals surface area contributed by atoms with Gasteiger partial charge in [-0.3, -0.25) is 4.79 Å². The first-order chi connectivity index (χ1) is 10.3. The van der Waals surface area contributed by atoms with E-state index in [1.165, 1.54) is 17.4 Å². The molecule has 1 amide bonds. The minimum Gasteiger partial charge on any atom is -0.302 e. The Balaban J connectivity index is 1.77. The van der Waals surface area contributed by atoms with Crippen molar-refractivity contribution >= 4 is 22.4 Å². The van der Waals surface area contributed by atoms with Crippen molar-refractivity contribution in [2.75, 3.05) is 5.32 Å². The monoisotopic (exact) mass is 326 g/mol. The van der Waals surface area contributed by atoms with E-state index in [1.807, 2.05) is 6.92 Å². The highest BCUT2D eigenvalue weighted by Crippen LogP contribution is 2.39. The highest BCUT2D eigenvalue weighted by molar-refractivity contribution is 7.14. The molecule has 0 bridgehead atoms. The Morgan fingerprint density at radius 3 is 2.77 bits per heavy atom. The smallest absolute Gasteiger partial charge is 0.302 e. The van der Waals surface area contributed by atoms with E-state index in [2.05, 4.69) is 10.3 Å². The number of nitrogens with zero attached hydrogens (tertiary/aromatic N) is 1. The predicted octanol–water partition coefficient (Wildman–Crippen LogP) is 4.42. The summed E-state index contributed by atoms with van der Waals surface area (Å²) in [6.07, 6.45) is -3.51. The van der Waals surface area contributed by atoms with Crippen molar-refractivity contribution in [3.63, 3.8) is 0 Å². The SMILES string of the molecule is C[C@@H]1C[C@@H]1C(=O)Nc1nc(-c2cccc(C(F)(F)F)c2)cs1. The van der Waals surface area contributed by atoms with Crippen LogP contribution in [0, 0.1) is 11.8 Å². The van der Waals surface area contributed by atoms with Crippen LogP contribution < -0.4 is 5.32 Å². The van der Waals surface area contributed by atoms with E-state index >= 15 is 0 Å². The van der Waals surface area contributed by atoms with E-state index in [4.69, 9.17) is 0 Å². The van der Waals surface area contributed by atoms with E-state index in [0.29, 0.717) is 22.3 Å². The van der Waals surface area contributed by atoms with Gasteiger partial charge in [-0.25, -0.2) is 4.98 Å². The van der Waals surface area contributed by atoms with E-state index in [-0.39, 0.29) is 11.8 Å². The Labute approximate surface area is 129 Å². The second kappa shape index (κ2) is 5.39. The molecule has 1 saturated carbocycles. The molecule has 0 saturated heterocycles. The Bertz CT molecular complexity index is 711. The zero-order valence-corrected chi connectivity index (χ0v) is 12.5. The highest BCUT2D eigenvalue weighted by atomic mass is 32.1.